The quantitative estimate of drug-likeness (QED) is 0.725. The lowest BCUT2D eigenvalue weighted by atomic mass is 9.82. The largest absolute Gasteiger partial charge is 0.383 e. The van der Waals surface area contributed by atoms with Gasteiger partial charge in [-0.25, -0.2) is 0 Å². The Balaban J connectivity index is 2.12. The van der Waals surface area contributed by atoms with Crippen LogP contribution in [0.5, 0.6) is 0 Å². The van der Waals surface area contributed by atoms with Crippen molar-refractivity contribution in [1.29, 1.82) is 0 Å². The van der Waals surface area contributed by atoms with Crippen molar-refractivity contribution in [2.45, 2.75) is 25.7 Å². The molecule has 0 saturated heterocycles. The zero-order valence-corrected chi connectivity index (χ0v) is 10.2. The van der Waals surface area contributed by atoms with E-state index in [4.69, 9.17) is 10.5 Å². The van der Waals surface area contributed by atoms with Gasteiger partial charge in [-0.1, -0.05) is 0 Å². The van der Waals surface area contributed by atoms with E-state index in [0.717, 1.165) is 31.5 Å². The van der Waals surface area contributed by atoms with Crippen molar-refractivity contribution in [3.05, 3.63) is 0 Å². The average molecular weight is 214 g/mol. The Morgan fingerprint density at radius 3 is 2.33 bits per heavy atom. The fourth-order valence-corrected chi connectivity index (χ4v) is 2.43. The van der Waals surface area contributed by atoms with E-state index in [2.05, 4.69) is 11.9 Å². The summed E-state index contributed by atoms with van der Waals surface area (Å²) in [5.41, 5.74) is 5.69. The maximum Gasteiger partial charge on any atom is 0.0589 e. The van der Waals surface area contributed by atoms with Gasteiger partial charge in [0, 0.05) is 20.2 Å². The Hall–Kier alpha value is -0.120. The lowest BCUT2D eigenvalue weighted by molar-refractivity contribution is 0.141. The summed E-state index contributed by atoms with van der Waals surface area (Å²) in [6.45, 7) is 3.99. The summed E-state index contributed by atoms with van der Waals surface area (Å²) < 4.78 is 5.08. The Morgan fingerprint density at radius 1 is 1.20 bits per heavy atom. The number of likely N-dealkylation sites (N-methyl/N-ethyl adjacent to an activating group) is 1. The second-order valence-corrected chi connectivity index (χ2v) is 4.88. The topological polar surface area (TPSA) is 38.5 Å². The summed E-state index contributed by atoms with van der Waals surface area (Å²) in [4.78, 5) is 2.39. The molecule has 0 radical (unpaired) electrons. The minimum Gasteiger partial charge on any atom is -0.383 e. The highest BCUT2D eigenvalue weighted by molar-refractivity contribution is 4.74. The summed E-state index contributed by atoms with van der Waals surface area (Å²) in [6.07, 6.45) is 5.39. The van der Waals surface area contributed by atoms with E-state index in [-0.39, 0.29) is 0 Å². The van der Waals surface area contributed by atoms with Crippen LogP contribution in [0.25, 0.3) is 0 Å². The minimum absolute atomic E-state index is 0.797. The summed E-state index contributed by atoms with van der Waals surface area (Å²) >= 11 is 0. The highest BCUT2D eigenvalue weighted by Crippen LogP contribution is 2.28. The van der Waals surface area contributed by atoms with Gasteiger partial charge < -0.3 is 15.4 Å². The Morgan fingerprint density at radius 2 is 1.80 bits per heavy atom. The molecule has 15 heavy (non-hydrogen) atoms. The number of ether oxygens (including phenoxy) is 1. The number of hydrogen-bond donors (Lipinski definition) is 1. The van der Waals surface area contributed by atoms with Crippen molar-refractivity contribution in [2.24, 2.45) is 17.6 Å². The standard InChI is InChI=1S/C12H26N2O/c1-14(7-8-15-2)10-12-5-3-11(9-13)4-6-12/h11-12H,3-10,13H2,1-2H3. The van der Waals surface area contributed by atoms with Crippen LogP contribution in [0.3, 0.4) is 0 Å². The van der Waals surface area contributed by atoms with Gasteiger partial charge in [0.2, 0.25) is 0 Å². The summed E-state index contributed by atoms with van der Waals surface area (Å²) in [5.74, 6) is 1.68. The summed E-state index contributed by atoms with van der Waals surface area (Å²) in [7, 11) is 3.95. The first-order valence-corrected chi connectivity index (χ1v) is 6.13. The van der Waals surface area contributed by atoms with E-state index in [9.17, 15) is 0 Å². The normalized spacial score (nSPS) is 27.2. The van der Waals surface area contributed by atoms with Crippen molar-refractivity contribution in [3.63, 3.8) is 0 Å². The molecule has 0 bridgehead atoms. The second-order valence-electron chi connectivity index (χ2n) is 4.88. The van der Waals surface area contributed by atoms with Crippen LogP contribution in [0.1, 0.15) is 25.7 Å². The zero-order valence-electron chi connectivity index (χ0n) is 10.2. The minimum atomic E-state index is 0.797. The molecule has 0 aromatic carbocycles. The number of nitrogens with zero attached hydrogens (tertiary/aromatic N) is 1. The first kappa shape index (κ1) is 12.9. The molecule has 3 nitrogen and oxygen atoms in total. The van der Waals surface area contributed by atoms with Crippen LogP contribution >= 0.6 is 0 Å². The van der Waals surface area contributed by atoms with E-state index in [1.54, 1.807) is 7.11 Å². The fourth-order valence-electron chi connectivity index (χ4n) is 2.43. The maximum atomic E-state index is 5.69. The molecule has 1 aliphatic carbocycles. The molecular formula is C12H26N2O. The molecule has 90 valence electrons. The van der Waals surface area contributed by atoms with Crippen LogP contribution in [0, 0.1) is 11.8 Å². The van der Waals surface area contributed by atoms with Gasteiger partial charge in [-0.3, -0.25) is 0 Å². The van der Waals surface area contributed by atoms with E-state index in [0.29, 0.717) is 0 Å². The first-order chi connectivity index (χ1) is 7.26. The predicted molar refractivity (Wildman–Crippen MR) is 63.9 cm³/mol. The van der Waals surface area contributed by atoms with Crippen LogP contribution in [0.15, 0.2) is 0 Å². The average Bonchev–Trinajstić information content (AvgIpc) is 2.27. The third-order valence-corrected chi connectivity index (χ3v) is 3.55. The number of methoxy groups -OCH3 is 1. The predicted octanol–water partition coefficient (Wildman–Crippen LogP) is 1.33. The first-order valence-electron chi connectivity index (χ1n) is 6.13. The number of nitrogens with two attached hydrogens (primary N) is 1. The fraction of sp³-hybridized carbons (Fsp3) is 1.00. The summed E-state index contributed by atoms with van der Waals surface area (Å²) in [6, 6.07) is 0. The van der Waals surface area contributed by atoms with Gasteiger partial charge in [-0.05, 0) is 51.1 Å². The van der Waals surface area contributed by atoms with Crippen LogP contribution in [-0.2, 0) is 4.74 Å². The molecule has 1 saturated carbocycles. The van der Waals surface area contributed by atoms with Gasteiger partial charge in [0.15, 0.2) is 0 Å². The molecule has 0 amide bonds. The van der Waals surface area contributed by atoms with Gasteiger partial charge in [0.05, 0.1) is 6.61 Å². The molecule has 0 aromatic heterocycles. The Kier molecular flexibility index (Phi) is 6.22. The lowest BCUT2D eigenvalue weighted by Gasteiger charge is -2.30. The molecule has 0 unspecified atom stereocenters. The molecule has 0 heterocycles. The second kappa shape index (κ2) is 7.20. The van der Waals surface area contributed by atoms with E-state index >= 15 is 0 Å². The van der Waals surface area contributed by atoms with Crippen molar-refractivity contribution >= 4 is 0 Å². The highest BCUT2D eigenvalue weighted by atomic mass is 16.5. The molecule has 3 heteroatoms. The lowest BCUT2D eigenvalue weighted by Crippen LogP contribution is -2.31. The van der Waals surface area contributed by atoms with Crippen LogP contribution in [-0.4, -0.2) is 45.3 Å². The smallest absolute Gasteiger partial charge is 0.0589 e. The molecule has 0 aromatic rings. The van der Waals surface area contributed by atoms with Crippen molar-refractivity contribution in [2.75, 3.05) is 40.4 Å². The van der Waals surface area contributed by atoms with Gasteiger partial charge in [-0.2, -0.15) is 0 Å². The molecule has 0 atom stereocenters. The van der Waals surface area contributed by atoms with Gasteiger partial charge >= 0.3 is 0 Å². The zero-order chi connectivity index (χ0) is 11.1. The molecule has 0 aliphatic heterocycles. The van der Waals surface area contributed by atoms with E-state index < -0.39 is 0 Å². The molecule has 1 aliphatic rings. The molecule has 2 N–H and O–H groups in total. The highest BCUT2D eigenvalue weighted by Gasteiger charge is 2.20. The van der Waals surface area contributed by atoms with E-state index in [1.165, 1.54) is 32.2 Å². The summed E-state index contributed by atoms with van der Waals surface area (Å²) in [5, 5.41) is 0. The number of hydrogen-bond acceptors (Lipinski definition) is 3. The van der Waals surface area contributed by atoms with Crippen LogP contribution in [0.2, 0.25) is 0 Å². The monoisotopic (exact) mass is 214 g/mol. The van der Waals surface area contributed by atoms with Gasteiger partial charge in [0.1, 0.15) is 0 Å². The Bertz CT molecular complexity index is 156. The van der Waals surface area contributed by atoms with Crippen molar-refractivity contribution in [3.8, 4) is 0 Å². The van der Waals surface area contributed by atoms with Crippen LogP contribution in [0.4, 0.5) is 0 Å². The number of rotatable bonds is 6. The SMILES string of the molecule is COCCN(C)CC1CCC(CN)CC1. The third kappa shape index (κ3) is 4.96. The van der Waals surface area contributed by atoms with Crippen molar-refractivity contribution in [1.82, 2.24) is 4.90 Å². The molecule has 0 spiro atoms. The van der Waals surface area contributed by atoms with Crippen LogP contribution < -0.4 is 5.73 Å². The van der Waals surface area contributed by atoms with Crippen molar-refractivity contribution < 1.29 is 4.74 Å². The molecule has 1 rings (SSSR count). The molecular weight excluding hydrogens is 188 g/mol. The van der Waals surface area contributed by atoms with Gasteiger partial charge in [-0.15, -0.1) is 0 Å². The van der Waals surface area contributed by atoms with Gasteiger partial charge in [0.25, 0.3) is 0 Å². The van der Waals surface area contributed by atoms with E-state index in [1.807, 2.05) is 0 Å². The third-order valence-electron chi connectivity index (χ3n) is 3.55. The Labute approximate surface area is 94.0 Å². The molecule has 1 fully saturated rings. The maximum absolute atomic E-state index is 5.69.